The molecule has 2 atom stereocenters. The van der Waals surface area contributed by atoms with Gasteiger partial charge in [-0.3, -0.25) is 0 Å². The molecule has 1 aromatic rings. The Morgan fingerprint density at radius 2 is 1.86 bits per heavy atom. The van der Waals surface area contributed by atoms with Crippen LogP contribution in [0.5, 0.6) is 0 Å². The number of hydrogen-bond donors (Lipinski definition) is 2. The number of nitrogens with two attached hydrogens (primary N) is 2. The second-order valence-electron chi connectivity index (χ2n) is 5.64. The number of piperidine rings is 1. The van der Waals surface area contributed by atoms with Crippen LogP contribution in [0.2, 0.25) is 0 Å². The Hall–Kier alpha value is -1.00. The molecule has 0 spiro atoms. The van der Waals surface area contributed by atoms with E-state index in [1.807, 2.05) is 6.92 Å². The van der Waals surface area contributed by atoms with Gasteiger partial charge in [0.25, 0.3) is 0 Å². The van der Waals surface area contributed by atoms with E-state index in [9.17, 15) is 16.8 Å². The Labute approximate surface area is 131 Å². The number of sulfonamides is 2. The normalized spacial score (nSPS) is 22.4. The number of primary sulfonamides is 1. The van der Waals surface area contributed by atoms with Crippen molar-refractivity contribution in [2.75, 3.05) is 13.1 Å². The Balaban J connectivity index is 2.34. The maximum absolute atomic E-state index is 12.7. The molecule has 9 heteroatoms. The summed E-state index contributed by atoms with van der Waals surface area (Å²) >= 11 is 0. The van der Waals surface area contributed by atoms with Gasteiger partial charge in [0.1, 0.15) is 0 Å². The number of rotatable bonds is 4. The summed E-state index contributed by atoms with van der Waals surface area (Å²) in [5, 5.41) is 5.06. The fraction of sp³-hybridized carbons (Fsp3) is 0.538. The summed E-state index contributed by atoms with van der Waals surface area (Å²) in [4.78, 5) is -0.279. The van der Waals surface area contributed by atoms with Gasteiger partial charge in [0, 0.05) is 19.1 Å². The minimum absolute atomic E-state index is 0.0654. The highest BCUT2D eigenvalue weighted by molar-refractivity contribution is 7.90. The van der Waals surface area contributed by atoms with Crippen LogP contribution in [-0.4, -0.2) is 40.3 Å². The van der Waals surface area contributed by atoms with E-state index in [0.29, 0.717) is 13.1 Å². The first kappa shape index (κ1) is 17.4. The summed E-state index contributed by atoms with van der Waals surface area (Å²) in [6.45, 7) is 2.62. The SMILES string of the molecule is C[C@@H](N)[C@@H]1CCCN(S(=O)(=O)c2cccc(S(N)(=O)=O)c2)C1. The smallest absolute Gasteiger partial charge is 0.243 e. The van der Waals surface area contributed by atoms with E-state index in [2.05, 4.69) is 0 Å². The summed E-state index contributed by atoms with van der Waals surface area (Å²) in [5.74, 6) is 0.102. The molecular formula is C13H21N3O4S2. The monoisotopic (exact) mass is 347 g/mol. The first-order valence-electron chi connectivity index (χ1n) is 7.01. The molecule has 0 amide bonds. The quantitative estimate of drug-likeness (QED) is 0.798. The van der Waals surface area contributed by atoms with Gasteiger partial charge in [-0.1, -0.05) is 6.07 Å². The van der Waals surface area contributed by atoms with Crippen LogP contribution in [-0.2, 0) is 20.0 Å². The Bertz CT molecular complexity index is 744. The molecule has 0 bridgehead atoms. The lowest BCUT2D eigenvalue weighted by atomic mass is 9.93. The van der Waals surface area contributed by atoms with Crippen LogP contribution in [0.15, 0.2) is 34.1 Å². The second kappa shape index (κ2) is 6.25. The predicted molar refractivity (Wildman–Crippen MR) is 82.9 cm³/mol. The summed E-state index contributed by atoms with van der Waals surface area (Å²) in [6, 6.07) is 5.03. The lowest BCUT2D eigenvalue weighted by molar-refractivity contribution is 0.243. The van der Waals surface area contributed by atoms with Gasteiger partial charge in [0.15, 0.2) is 0 Å². The zero-order valence-electron chi connectivity index (χ0n) is 12.3. The Morgan fingerprint density at radius 3 is 2.45 bits per heavy atom. The molecule has 7 nitrogen and oxygen atoms in total. The minimum Gasteiger partial charge on any atom is -0.328 e. The molecule has 1 heterocycles. The lowest BCUT2D eigenvalue weighted by Gasteiger charge is -2.33. The summed E-state index contributed by atoms with van der Waals surface area (Å²) in [5.41, 5.74) is 5.88. The molecule has 0 unspecified atom stereocenters. The molecule has 2 rings (SSSR count). The van der Waals surface area contributed by atoms with Crippen molar-refractivity contribution >= 4 is 20.0 Å². The van der Waals surface area contributed by atoms with Crippen LogP contribution < -0.4 is 10.9 Å². The van der Waals surface area contributed by atoms with Gasteiger partial charge in [0.2, 0.25) is 20.0 Å². The van der Waals surface area contributed by atoms with Gasteiger partial charge >= 0.3 is 0 Å². The van der Waals surface area contributed by atoms with Gasteiger partial charge in [-0.15, -0.1) is 0 Å². The van der Waals surface area contributed by atoms with Crippen LogP contribution >= 0.6 is 0 Å². The molecule has 4 N–H and O–H groups in total. The fourth-order valence-corrected chi connectivity index (χ4v) is 4.80. The molecular weight excluding hydrogens is 326 g/mol. The Kier molecular flexibility index (Phi) is 4.93. The highest BCUT2D eigenvalue weighted by atomic mass is 32.2. The standard InChI is InChI=1S/C13H21N3O4S2/c1-10(14)11-4-3-7-16(9-11)22(19,20)13-6-2-5-12(8-13)21(15,17)18/h2,5-6,8,10-11H,3-4,7,9,14H2,1H3,(H2,15,17,18)/t10-,11-/m1/s1. The van der Waals surface area contributed by atoms with Crippen molar-refractivity contribution < 1.29 is 16.8 Å². The van der Waals surface area contributed by atoms with Gasteiger partial charge in [-0.2, -0.15) is 4.31 Å². The van der Waals surface area contributed by atoms with Crippen molar-refractivity contribution in [3.63, 3.8) is 0 Å². The second-order valence-corrected chi connectivity index (χ2v) is 9.14. The molecule has 0 radical (unpaired) electrons. The van der Waals surface area contributed by atoms with E-state index in [0.717, 1.165) is 18.9 Å². The molecule has 1 aromatic carbocycles. The number of nitrogens with zero attached hydrogens (tertiary/aromatic N) is 1. The lowest BCUT2D eigenvalue weighted by Crippen LogP contribution is -2.44. The summed E-state index contributed by atoms with van der Waals surface area (Å²) in [6.07, 6.45) is 1.63. The molecule has 1 aliphatic heterocycles. The van der Waals surface area contributed by atoms with Crippen LogP contribution in [0.1, 0.15) is 19.8 Å². The van der Waals surface area contributed by atoms with E-state index < -0.39 is 20.0 Å². The van der Waals surface area contributed by atoms with Crippen LogP contribution in [0.25, 0.3) is 0 Å². The van der Waals surface area contributed by atoms with E-state index in [1.165, 1.54) is 22.5 Å². The highest BCUT2D eigenvalue weighted by Crippen LogP contribution is 2.26. The van der Waals surface area contributed by atoms with Crippen molar-refractivity contribution in [1.82, 2.24) is 4.31 Å². The van der Waals surface area contributed by atoms with Gasteiger partial charge in [-0.05, 0) is 43.9 Å². The zero-order valence-corrected chi connectivity index (χ0v) is 14.0. The van der Waals surface area contributed by atoms with Crippen LogP contribution in [0, 0.1) is 5.92 Å². The molecule has 22 heavy (non-hydrogen) atoms. The largest absolute Gasteiger partial charge is 0.328 e. The van der Waals surface area contributed by atoms with Crippen molar-refractivity contribution in [2.24, 2.45) is 16.8 Å². The van der Waals surface area contributed by atoms with Gasteiger partial charge < -0.3 is 5.73 Å². The van der Waals surface area contributed by atoms with E-state index in [1.54, 1.807) is 0 Å². The third-order valence-electron chi connectivity index (χ3n) is 3.94. The van der Waals surface area contributed by atoms with E-state index in [-0.39, 0.29) is 21.8 Å². The molecule has 0 aliphatic carbocycles. The molecule has 0 aromatic heterocycles. The molecule has 1 saturated heterocycles. The topological polar surface area (TPSA) is 124 Å². The molecule has 0 saturated carbocycles. The maximum atomic E-state index is 12.7. The zero-order chi connectivity index (χ0) is 16.5. The van der Waals surface area contributed by atoms with Crippen molar-refractivity contribution in [1.29, 1.82) is 0 Å². The van der Waals surface area contributed by atoms with E-state index in [4.69, 9.17) is 10.9 Å². The van der Waals surface area contributed by atoms with Crippen molar-refractivity contribution in [2.45, 2.75) is 35.6 Å². The maximum Gasteiger partial charge on any atom is 0.243 e. The van der Waals surface area contributed by atoms with Gasteiger partial charge in [0.05, 0.1) is 9.79 Å². The van der Waals surface area contributed by atoms with Gasteiger partial charge in [-0.25, -0.2) is 22.0 Å². The third-order valence-corrected chi connectivity index (χ3v) is 6.71. The highest BCUT2D eigenvalue weighted by Gasteiger charge is 2.32. The molecule has 1 fully saturated rings. The number of hydrogen-bond acceptors (Lipinski definition) is 5. The first-order valence-corrected chi connectivity index (χ1v) is 9.99. The van der Waals surface area contributed by atoms with Crippen molar-refractivity contribution in [3.8, 4) is 0 Å². The predicted octanol–water partition coefficient (Wildman–Crippen LogP) is 0.0819. The average molecular weight is 347 g/mol. The summed E-state index contributed by atoms with van der Waals surface area (Å²) < 4.78 is 49.5. The average Bonchev–Trinajstić information content (AvgIpc) is 2.46. The third kappa shape index (κ3) is 3.66. The van der Waals surface area contributed by atoms with E-state index >= 15 is 0 Å². The molecule has 124 valence electrons. The first-order chi connectivity index (χ1) is 10.1. The minimum atomic E-state index is -3.94. The van der Waals surface area contributed by atoms with Crippen LogP contribution in [0.3, 0.4) is 0 Å². The molecule has 1 aliphatic rings. The van der Waals surface area contributed by atoms with Crippen molar-refractivity contribution in [3.05, 3.63) is 24.3 Å². The number of benzene rings is 1. The van der Waals surface area contributed by atoms with Crippen LogP contribution in [0.4, 0.5) is 0 Å². The fourth-order valence-electron chi connectivity index (χ4n) is 2.58. The summed E-state index contributed by atoms with van der Waals surface area (Å²) in [7, 11) is -7.70. The Morgan fingerprint density at radius 1 is 1.23 bits per heavy atom.